The molecule has 0 rings (SSSR count). The maximum absolute atomic E-state index is 9.39. The molecule has 0 aromatic carbocycles. The lowest BCUT2D eigenvalue weighted by atomic mass is 10.1. The molecule has 0 amide bonds. The molecule has 0 saturated carbocycles. The van der Waals surface area contributed by atoms with Gasteiger partial charge in [-0.15, -0.1) is 6.58 Å². The molecule has 1 atom stereocenters. The Morgan fingerprint density at radius 1 is 1.38 bits per heavy atom. The molecule has 1 unspecified atom stereocenters. The highest BCUT2D eigenvalue weighted by atomic mass is 16.5. The van der Waals surface area contributed by atoms with E-state index in [9.17, 15) is 5.11 Å². The topological polar surface area (TPSA) is 29.5 Å². The summed E-state index contributed by atoms with van der Waals surface area (Å²) < 4.78 is 5.11. The third-order valence-corrected chi connectivity index (χ3v) is 1.96. The van der Waals surface area contributed by atoms with Gasteiger partial charge in [0.05, 0.1) is 12.7 Å². The predicted octanol–water partition coefficient (Wildman–Crippen LogP) is 2.52. The highest BCUT2D eigenvalue weighted by molar-refractivity contribution is 4.65. The van der Waals surface area contributed by atoms with Gasteiger partial charge in [-0.2, -0.15) is 0 Å². The second-order valence-corrected chi connectivity index (χ2v) is 3.24. The lowest BCUT2D eigenvalue weighted by Gasteiger charge is -2.09. The van der Waals surface area contributed by atoms with Crippen molar-refractivity contribution in [2.24, 2.45) is 0 Å². The second-order valence-electron chi connectivity index (χ2n) is 3.24. The minimum atomic E-state index is -0.274. The summed E-state index contributed by atoms with van der Waals surface area (Å²) in [4.78, 5) is 0. The number of allylic oxidation sites excluding steroid dienone is 1. The van der Waals surface area contributed by atoms with E-state index < -0.39 is 0 Å². The molecule has 78 valence electrons. The molecule has 0 heterocycles. The second kappa shape index (κ2) is 9.75. The molecule has 2 heteroatoms. The largest absolute Gasteiger partial charge is 0.391 e. The first-order valence-electron chi connectivity index (χ1n) is 5.18. The molecule has 0 aliphatic heterocycles. The van der Waals surface area contributed by atoms with E-state index in [2.05, 4.69) is 6.58 Å². The summed E-state index contributed by atoms with van der Waals surface area (Å²) >= 11 is 0. The molecule has 0 radical (unpaired) electrons. The van der Waals surface area contributed by atoms with E-state index in [1.54, 1.807) is 0 Å². The zero-order valence-electron chi connectivity index (χ0n) is 8.67. The van der Waals surface area contributed by atoms with Crippen molar-refractivity contribution in [2.45, 2.75) is 45.1 Å². The Labute approximate surface area is 81.6 Å². The Morgan fingerprint density at radius 2 is 2.15 bits per heavy atom. The zero-order chi connectivity index (χ0) is 9.94. The van der Waals surface area contributed by atoms with Crippen molar-refractivity contribution < 1.29 is 9.84 Å². The van der Waals surface area contributed by atoms with Gasteiger partial charge in [0.2, 0.25) is 0 Å². The van der Waals surface area contributed by atoms with E-state index >= 15 is 0 Å². The lowest BCUT2D eigenvalue weighted by Crippen LogP contribution is -2.14. The van der Waals surface area contributed by atoms with E-state index in [-0.39, 0.29) is 6.10 Å². The summed E-state index contributed by atoms with van der Waals surface area (Å²) in [7, 11) is 0. The van der Waals surface area contributed by atoms with Crippen LogP contribution in [0, 0.1) is 0 Å². The van der Waals surface area contributed by atoms with Crippen molar-refractivity contribution in [1.82, 2.24) is 0 Å². The minimum absolute atomic E-state index is 0.274. The fourth-order valence-electron chi connectivity index (χ4n) is 1.18. The highest BCUT2D eigenvalue weighted by Crippen LogP contribution is 2.06. The minimum Gasteiger partial charge on any atom is -0.391 e. The SMILES string of the molecule is C=CCCCCCC(O)COCC. The van der Waals surface area contributed by atoms with Crippen LogP contribution < -0.4 is 0 Å². The third kappa shape index (κ3) is 9.57. The van der Waals surface area contributed by atoms with Crippen LogP contribution in [0.2, 0.25) is 0 Å². The molecule has 0 saturated heterocycles. The van der Waals surface area contributed by atoms with Gasteiger partial charge in [-0.1, -0.05) is 18.9 Å². The van der Waals surface area contributed by atoms with Crippen LogP contribution in [0.25, 0.3) is 0 Å². The van der Waals surface area contributed by atoms with Gasteiger partial charge in [0.25, 0.3) is 0 Å². The Bertz CT molecular complexity index is 113. The van der Waals surface area contributed by atoms with Crippen molar-refractivity contribution in [3.63, 3.8) is 0 Å². The summed E-state index contributed by atoms with van der Waals surface area (Å²) in [5.41, 5.74) is 0. The molecular weight excluding hydrogens is 164 g/mol. The quantitative estimate of drug-likeness (QED) is 0.443. The molecule has 0 aliphatic carbocycles. The average Bonchev–Trinajstić information content (AvgIpc) is 2.14. The first-order chi connectivity index (χ1) is 6.31. The van der Waals surface area contributed by atoms with E-state index in [1.165, 1.54) is 12.8 Å². The fraction of sp³-hybridized carbons (Fsp3) is 0.818. The summed E-state index contributed by atoms with van der Waals surface area (Å²) in [5.74, 6) is 0. The number of aliphatic hydroxyl groups is 1. The normalized spacial score (nSPS) is 12.8. The van der Waals surface area contributed by atoms with Crippen LogP contribution in [0.5, 0.6) is 0 Å². The first-order valence-corrected chi connectivity index (χ1v) is 5.18. The van der Waals surface area contributed by atoms with Gasteiger partial charge in [-0.3, -0.25) is 0 Å². The van der Waals surface area contributed by atoms with Gasteiger partial charge in [0.15, 0.2) is 0 Å². The van der Waals surface area contributed by atoms with Crippen molar-refractivity contribution >= 4 is 0 Å². The lowest BCUT2D eigenvalue weighted by molar-refractivity contribution is 0.0368. The van der Waals surface area contributed by atoms with E-state index in [0.29, 0.717) is 13.2 Å². The average molecular weight is 186 g/mol. The smallest absolute Gasteiger partial charge is 0.0773 e. The number of aliphatic hydroxyl groups excluding tert-OH is 1. The van der Waals surface area contributed by atoms with E-state index in [4.69, 9.17) is 4.74 Å². The van der Waals surface area contributed by atoms with Crippen LogP contribution >= 0.6 is 0 Å². The molecular formula is C11H22O2. The molecule has 1 N–H and O–H groups in total. The van der Waals surface area contributed by atoms with Gasteiger partial charge in [-0.05, 0) is 26.2 Å². The predicted molar refractivity (Wildman–Crippen MR) is 55.8 cm³/mol. The fourth-order valence-corrected chi connectivity index (χ4v) is 1.18. The van der Waals surface area contributed by atoms with Crippen LogP contribution in [-0.2, 0) is 4.74 Å². The Morgan fingerprint density at radius 3 is 2.77 bits per heavy atom. The summed E-state index contributed by atoms with van der Waals surface area (Å²) in [5, 5.41) is 9.39. The maximum Gasteiger partial charge on any atom is 0.0773 e. The third-order valence-electron chi connectivity index (χ3n) is 1.96. The molecule has 0 aromatic heterocycles. The Hall–Kier alpha value is -0.340. The number of hydrogen-bond donors (Lipinski definition) is 1. The number of rotatable bonds is 9. The molecule has 0 aliphatic rings. The molecule has 0 aromatic rings. The molecule has 0 bridgehead atoms. The number of unbranched alkanes of at least 4 members (excludes halogenated alkanes) is 3. The maximum atomic E-state index is 9.39. The van der Waals surface area contributed by atoms with Crippen molar-refractivity contribution in [2.75, 3.05) is 13.2 Å². The molecule has 2 nitrogen and oxygen atoms in total. The van der Waals surface area contributed by atoms with Gasteiger partial charge in [-0.25, -0.2) is 0 Å². The van der Waals surface area contributed by atoms with E-state index in [0.717, 1.165) is 19.3 Å². The molecule has 13 heavy (non-hydrogen) atoms. The van der Waals surface area contributed by atoms with Gasteiger partial charge in [0, 0.05) is 6.61 Å². The van der Waals surface area contributed by atoms with Crippen LogP contribution in [-0.4, -0.2) is 24.4 Å². The van der Waals surface area contributed by atoms with Crippen molar-refractivity contribution in [3.05, 3.63) is 12.7 Å². The number of ether oxygens (including phenoxy) is 1. The summed E-state index contributed by atoms with van der Waals surface area (Å²) in [6.45, 7) is 6.78. The van der Waals surface area contributed by atoms with Crippen molar-refractivity contribution in [3.8, 4) is 0 Å². The van der Waals surface area contributed by atoms with Crippen LogP contribution in [0.3, 0.4) is 0 Å². The first kappa shape index (κ1) is 12.7. The van der Waals surface area contributed by atoms with Crippen LogP contribution in [0.4, 0.5) is 0 Å². The van der Waals surface area contributed by atoms with Crippen LogP contribution in [0.15, 0.2) is 12.7 Å². The summed E-state index contributed by atoms with van der Waals surface area (Å²) in [6, 6.07) is 0. The van der Waals surface area contributed by atoms with Gasteiger partial charge in [0.1, 0.15) is 0 Å². The van der Waals surface area contributed by atoms with E-state index in [1.807, 2.05) is 13.0 Å². The highest BCUT2D eigenvalue weighted by Gasteiger charge is 2.02. The van der Waals surface area contributed by atoms with Gasteiger partial charge < -0.3 is 9.84 Å². The van der Waals surface area contributed by atoms with Gasteiger partial charge >= 0.3 is 0 Å². The molecule has 0 fully saturated rings. The standard InChI is InChI=1S/C11H22O2/c1-3-5-6-7-8-9-11(12)10-13-4-2/h3,11-12H,1,4-10H2,2H3. The Kier molecular flexibility index (Phi) is 9.49. The monoisotopic (exact) mass is 186 g/mol. The van der Waals surface area contributed by atoms with Crippen LogP contribution in [0.1, 0.15) is 39.0 Å². The zero-order valence-corrected chi connectivity index (χ0v) is 8.67. The van der Waals surface area contributed by atoms with Crippen molar-refractivity contribution in [1.29, 1.82) is 0 Å². The molecule has 0 spiro atoms. The number of hydrogen-bond acceptors (Lipinski definition) is 2. The summed E-state index contributed by atoms with van der Waals surface area (Å²) in [6.07, 6.45) is 7.06. The Balaban J connectivity index is 3.07.